The number of carbonyl (C=O) groups is 2. The molecule has 0 aliphatic rings. The number of rotatable bonds is 9. The number of ether oxygens (including phenoxy) is 2. The molecule has 33 heavy (non-hydrogen) atoms. The standard InChI is InChI=1S/C22H21Br2N3O6/c1-32-18(4-2-3-5-19(28)27-31)21(16-10-14(23)11-17(24)20(16)29)33-22(30)26-15-8-6-13(12-25)7-9-15/h3,5-11,18,21,29,31H,2,4H2,1H3,(H,26,30)(H,27,28)/b5-3+/t18-,21-/m1/s1. The highest BCUT2D eigenvalue weighted by Gasteiger charge is 2.30. The van der Waals surface area contributed by atoms with Crippen molar-refractivity contribution in [1.82, 2.24) is 5.48 Å². The van der Waals surface area contributed by atoms with Crippen LogP contribution in [-0.4, -0.2) is 35.5 Å². The van der Waals surface area contributed by atoms with Crippen LogP contribution in [0.1, 0.15) is 30.1 Å². The predicted octanol–water partition coefficient (Wildman–Crippen LogP) is 4.94. The third-order valence-corrected chi connectivity index (χ3v) is 5.56. The lowest BCUT2D eigenvalue weighted by Gasteiger charge is -2.27. The number of carbonyl (C=O) groups excluding carboxylic acids is 2. The van der Waals surface area contributed by atoms with Gasteiger partial charge in [-0.3, -0.25) is 15.3 Å². The fraction of sp³-hybridized carbons (Fsp3) is 0.227. The van der Waals surface area contributed by atoms with Crippen molar-refractivity contribution in [3.05, 3.63) is 68.6 Å². The first kappa shape index (κ1) is 26.3. The number of nitriles is 1. The van der Waals surface area contributed by atoms with Gasteiger partial charge in [0.1, 0.15) is 5.75 Å². The first-order valence-corrected chi connectivity index (χ1v) is 11.2. The van der Waals surface area contributed by atoms with E-state index in [2.05, 4.69) is 37.2 Å². The Bertz CT molecular complexity index is 1050. The Labute approximate surface area is 207 Å². The van der Waals surface area contributed by atoms with Crippen LogP contribution >= 0.6 is 31.9 Å². The fourth-order valence-corrected chi connectivity index (χ4v) is 4.17. The highest BCUT2D eigenvalue weighted by atomic mass is 79.9. The number of hydrogen-bond donors (Lipinski definition) is 4. The topological polar surface area (TPSA) is 141 Å². The first-order valence-electron chi connectivity index (χ1n) is 9.58. The van der Waals surface area contributed by atoms with Crippen molar-refractivity contribution in [1.29, 1.82) is 5.26 Å². The van der Waals surface area contributed by atoms with E-state index < -0.39 is 24.2 Å². The molecule has 0 aliphatic heterocycles. The molecule has 0 fully saturated rings. The molecule has 174 valence electrons. The minimum atomic E-state index is -1.01. The Balaban J connectivity index is 2.27. The van der Waals surface area contributed by atoms with Crippen molar-refractivity contribution in [2.75, 3.05) is 12.4 Å². The van der Waals surface area contributed by atoms with Gasteiger partial charge in [0.15, 0.2) is 6.10 Å². The molecule has 0 saturated carbocycles. The zero-order valence-electron chi connectivity index (χ0n) is 17.4. The van der Waals surface area contributed by atoms with Gasteiger partial charge >= 0.3 is 6.09 Å². The summed E-state index contributed by atoms with van der Waals surface area (Å²) in [5, 5.41) is 30.7. The molecular formula is C22H21Br2N3O6. The number of amides is 2. The highest BCUT2D eigenvalue weighted by Crippen LogP contribution is 2.39. The Morgan fingerprint density at radius 2 is 1.94 bits per heavy atom. The molecule has 0 spiro atoms. The molecule has 4 N–H and O–H groups in total. The molecule has 2 amide bonds. The number of phenols is 1. The Morgan fingerprint density at radius 3 is 2.55 bits per heavy atom. The number of aromatic hydroxyl groups is 1. The first-order chi connectivity index (χ1) is 15.8. The van der Waals surface area contributed by atoms with E-state index in [1.165, 1.54) is 18.7 Å². The van der Waals surface area contributed by atoms with Crippen LogP contribution in [0.15, 0.2) is 57.5 Å². The summed E-state index contributed by atoms with van der Waals surface area (Å²) in [7, 11) is 1.44. The number of phenolic OH excluding ortho intramolecular Hbond substituents is 1. The molecule has 0 aliphatic carbocycles. The zero-order valence-corrected chi connectivity index (χ0v) is 20.6. The molecule has 0 bridgehead atoms. The van der Waals surface area contributed by atoms with Crippen molar-refractivity contribution in [2.45, 2.75) is 25.0 Å². The molecule has 0 unspecified atom stereocenters. The number of methoxy groups -OCH3 is 1. The van der Waals surface area contributed by atoms with Crippen LogP contribution in [0.2, 0.25) is 0 Å². The van der Waals surface area contributed by atoms with E-state index in [-0.39, 0.29) is 5.75 Å². The largest absolute Gasteiger partial charge is 0.506 e. The number of nitrogens with one attached hydrogen (secondary N) is 2. The molecule has 2 rings (SSSR count). The van der Waals surface area contributed by atoms with Gasteiger partial charge in [0.05, 0.1) is 22.2 Å². The van der Waals surface area contributed by atoms with Gasteiger partial charge in [-0.05, 0) is 65.2 Å². The van der Waals surface area contributed by atoms with Gasteiger partial charge in [-0.25, -0.2) is 10.3 Å². The van der Waals surface area contributed by atoms with Crippen molar-refractivity contribution in [3.8, 4) is 11.8 Å². The summed E-state index contributed by atoms with van der Waals surface area (Å²) in [6.07, 6.45) is 0.879. The zero-order chi connectivity index (χ0) is 24.4. The number of nitrogens with zero attached hydrogens (tertiary/aromatic N) is 1. The normalized spacial score (nSPS) is 12.6. The minimum absolute atomic E-state index is 0.119. The van der Waals surface area contributed by atoms with E-state index in [1.807, 2.05) is 6.07 Å². The Hall–Kier alpha value is -2.91. The van der Waals surface area contributed by atoms with Crippen molar-refractivity contribution < 1.29 is 29.4 Å². The maximum atomic E-state index is 12.7. The summed E-state index contributed by atoms with van der Waals surface area (Å²) in [6.45, 7) is 0. The fourth-order valence-electron chi connectivity index (χ4n) is 2.91. The summed E-state index contributed by atoms with van der Waals surface area (Å²) in [5.41, 5.74) is 2.66. The van der Waals surface area contributed by atoms with E-state index in [0.717, 1.165) is 6.08 Å². The van der Waals surface area contributed by atoms with E-state index in [9.17, 15) is 14.7 Å². The van der Waals surface area contributed by atoms with Crippen LogP contribution in [0.25, 0.3) is 0 Å². The van der Waals surface area contributed by atoms with Crippen LogP contribution in [0.3, 0.4) is 0 Å². The van der Waals surface area contributed by atoms with Crippen LogP contribution in [0, 0.1) is 11.3 Å². The van der Waals surface area contributed by atoms with Crippen molar-refractivity contribution in [2.24, 2.45) is 0 Å². The number of anilines is 1. The summed E-state index contributed by atoms with van der Waals surface area (Å²) >= 11 is 6.64. The third kappa shape index (κ3) is 7.87. The molecule has 0 saturated heterocycles. The lowest BCUT2D eigenvalue weighted by atomic mass is 9.99. The second-order valence-corrected chi connectivity index (χ2v) is 8.47. The van der Waals surface area contributed by atoms with Crippen LogP contribution < -0.4 is 10.8 Å². The van der Waals surface area contributed by atoms with Gasteiger partial charge in [-0.15, -0.1) is 0 Å². The quantitative estimate of drug-likeness (QED) is 0.186. The van der Waals surface area contributed by atoms with E-state index >= 15 is 0 Å². The average molecular weight is 583 g/mol. The van der Waals surface area contributed by atoms with Gasteiger partial charge < -0.3 is 14.6 Å². The summed E-state index contributed by atoms with van der Waals surface area (Å²) < 4.78 is 12.2. The van der Waals surface area contributed by atoms with E-state index in [4.69, 9.17) is 19.9 Å². The Morgan fingerprint density at radius 1 is 1.24 bits per heavy atom. The highest BCUT2D eigenvalue weighted by molar-refractivity contribution is 9.11. The lowest BCUT2D eigenvalue weighted by molar-refractivity contribution is -0.124. The molecule has 2 aromatic rings. The second-order valence-electron chi connectivity index (χ2n) is 6.70. The molecule has 0 radical (unpaired) electrons. The number of hydrogen-bond acceptors (Lipinski definition) is 7. The average Bonchev–Trinajstić information content (AvgIpc) is 2.80. The van der Waals surface area contributed by atoms with Crippen molar-refractivity contribution in [3.63, 3.8) is 0 Å². The second kappa shape index (κ2) is 13.0. The summed E-state index contributed by atoms with van der Waals surface area (Å²) in [5.74, 6) is -0.793. The number of halogens is 2. The number of allylic oxidation sites excluding steroid dienone is 1. The van der Waals surface area contributed by atoms with E-state index in [1.54, 1.807) is 36.4 Å². The molecule has 9 nitrogen and oxygen atoms in total. The summed E-state index contributed by atoms with van der Waals surface area (Å²) in [4.78, 5) is 23.8. The summed E-state index contributed by atoms with van der Waals surface area (Å²) in [6, 6.07) is 11.5. The van der Waals surface area contributed by atoms with Gasteiger partial charge in [-0.2, -0.15) is 5.26 Å². The van der Waals surface area contributed by atoms with Crippen LogP contribution in [0.4, 0.5) is 10.5 Å². The molecule has 2 aromatic carbocycles. The Kier molecular flexibility index (Phi) is 10.3. The van der Waals surface area contributed by atoms with Crippen LogP contribution in [0.5, 0.6) is 5.75 Å². The van der Waals surface area contributed by atoms with Gasteiger partial charge in [0.25, 0.3) is 5.91 Å². The van der Waals surface area contributed by atoms with Crippen LogP contribution in [-0.2, 0) is 14.3 Å². The number of hydroxylamine groups is 1. The van der Waals surface area contributed by atoms with Gasteiger partial charge in [0, 0.05) is 28.9 Å². The molecule has 0 aromatic heterocycles. The molecular weight excluding hydrogens is 562 g/mol. The van der Waals surface area contributed by atoms with Gasteiger partial charge in [0.2, 0.25) is 0 Å². The number of benzene rings is 2. The van der Waals surface area contributed by atoms with Gasteiger partial charge in [-0.1, -0.05) is 22.0 Å². The smallest absolute Gasteiger partial charge is 0.412 e. The third-order valence-electron chi connectivity index (χ3n) is 4.50. The molecule has 2 atom stereocenters. The van der Waals surface area contributed by atoms with Crippen molar-refractivity contribution >= 4 is 49.5 Å². The molecule has 0 heterocycles. The maximum Gasteiger partial charge on any atom is 0.412 e. The molecule has 11 heteroatoms. The predicted molar refractivity (Wildman–Crippen MR) is 127 cm³/mol. The van der Waals surface area contributed by atoms with E-state index in [0.29, 0.717) is 38.6 Å². The SMILES string of the molecule is CO[C@H](CC/C=C/C(=O)NO)[C@H](OC(=O)Nc1ccc(C#N)cc1)c1cc(Br)cc(Br)c1O. The minimum Gasteiger partial charge on any atom is -0.506 e. The lowest BCUT2D eigenvalue weighted by Crippen LogP contribution is -2.28. The maximum absolute atomic E-state index is 12.7. The monoisotopic (exact) mass is 581 g/mol.